The number of methoxy groups -OCH3 is 1. The molecular formula is C23H23N3O5. The Kier molecular flexibility index (Phi) is 5.46. The van der Waals surface area contributed by atoms with Crippen LogP contribution in [0.4, 0.5) is 5.69 Å². The monoisotopic (exact) mass is 421 g/mol. The van der Waals surface area contributed by atoms with Crippen LogP contribution in [0.1, 0.15) is 23.2 Å². The Bertz CT molecular complexity index is 1230. The molecule has 1 saturated heterocycles. The summed E-state index contributed by atoms with van der Waals surface area (Å²) in [5.74, 6) is -0.678. The number of hydrogen-bond acceptors (Lipinski definition) is 6. The van der Waals surface area contributed by atoms with Crippen molar-refractivity contribution in [3.63, 3.8) is 0 Å². The lowest BCUT2D eigenvalue weighted by Gasteiger charge is -2.20. The molecule has 1 aliphatic rings. The smallest absolute Gasteiger partial charge is 0.311 e. The fraction of sp³-hybridized carbons (Fsp3) is 0.304. The van der Waals surface area contributed by atoms with Gasteiger partial charge in [-0.05, 0) is 43.2 Å². The van der Waals surface area contributed by atoms with Gasteiger partial charge < -0.3 is 14.4 Å². The number of aromatic nitrogens is 2. The van der Waals surface area contributed by atoms with E-state index in [1.807, 2.05) is 32.0 Å². The number of carbonyl (C=O) groups is 2. The van der Waals surface area contributed by atoms with E-state index in [0.717, 1.165) is 11.1 Å². The molecule has 1 fully saturated rings. The number of nitrogens with zero attached hydrogens (tertiary/aromatic N) is 3. The van der Waals surface area contributed by atoms with Gasteiger partial charge in [0, 0.05) is 25.2 Å². The van der Waals surface area contributed by atoms with Gasteiger partial charge in [-0.15, -0.1) is 0 Å². The van der Waals surface area contributed by atoms with Crippen molar-refractivity contribution >= 4 is 23.2 Å². The van der Waals surface area contributed by atoms with Crippen molar-refractivity contribution in [3.8, 4) is 5.75 Å². The molecule has 0 spiro atoms. The van der Waals surface area contributed by atoms with Crippen LogP contribution < -0.4 is 15.2 Å². The summed E-state index contributed by atoms with van der Waals surface area (Å²) in [5.41, 5.74) is 3.17. The number of anilines is 1. The maximum absolute atomic E-state index is 12.6. The largest absolute Gasteiger partial charge is 0.495 e. The van der Waals surface area contributed by atoms with Crippen LogP contribution >= 0.6 is 0 Å². The molecule has 1 atom stereocenters. The Morgan fingerprint density at radius 1 is 1.13 bits per heavy atom. The first-order chi connectivity index (χ1) is 14.9. The van der Waals surface area contributed by atoms with Crippen molar-refractivity contribution in [1.82, 2.24) is 9.38 Å². The average Bonchev–Trinajstić information content (AvgIpc) is 3.14. The van der Waals surface area contributed by atoms with Crippen LogP contribution in [0.5, 0.6) is 5.75 Å². The van der Waals surface area contributed by atoms with Gasteiger partial charge in [-0.3, -0.25) is 18.8 Å². The normalized spacial score (nSPS) is 16.0. The van der Waals surface area contributed by atoms with Crippen LogP contribution in [0.25, 0.3) is 5.65 Å². The fourth-order valence-electron chi connectivity index (χ4n) is 3.70. The second-order valence-corrected chi connectivity index (χ2v) is 7.71. The molecule has 0 N–H and O–H groups in total. The Hall–Kier alpha value is -3.68. The molecule has 0 unspecified atom stereocenters. The number of ether oxygens (including phenoxy) is 2. The minimum absolute atomic E-state index is 0.0585. The summed E-state index contributed by atoms with van der Waals surface area (Å²) in [4.78, 5) is 43.4. The topological polar surface area (TPSA) is 90.2 Å². The van der Waals surface area contributed by atoms with Crippen molar-refractivity contribution in [2.75, 3.05) is 18.6 Å². The van der Waals surface area contributed by atoms with E-state index in [0.29, 0.717) is 22.8 Å². The van der Waals surface area contributed by atoms with Gasteiger partial charge in [0.05, 0.1) is 24.4 Å². The zero-order valence-electron chi connectivity index (χ0n) is 17.6. The highest BCUT2D eigenvalue weighted by Crippen LogP contribution is 2.34. The van der Waals surface area contributed by atoms with Gasteiger partial charge in [0.25, 0.3) is 5.56 Å². The van der Waals surface area contributed by atoms with E-state index >= 15 is 0 Å². The molecule has 8 heteroatoms. The van der Waals surface area contributed by atoms with E-state index in [1.165, 1.54) is 10.5 Å². The summed E-state index contributed by atoms with van der Waals surface area (Å²) in [7, 11) is 1.54. The van der Waals surface area contributed by atoms with Crippen molar-refractivity contribution in [2.24, 2.45) is 5.92 Å². The van der Waals surface area contributed by atoms with Gasteiger partial charge in [-0.2, -0.15) is 0 Å². The summed E-state index contributed by atoms with van der Waals surface area (Å²) < 4.78 is 12.2. The van der Waals surface area contributed by atoms with Crippen LogP contribution in [-0.4, -0.2) is 34.9 Å². The number of fused-ring (bicyclic) bond motifs is 1. The molecule has 3 aromatic rings. The van der Waals surface area contributed by atoms with Crippen LogP contribution in [-0.2, 0) is 20.9 Å². The van der Waals surface area contributed by atoms with Crippen LogP contribution in [0, 0.1) is 19.8 Å². The minimum atomic E-state index is -0.595. The minimum Gasteiger partial charge on any atom is -0.495 e. The lowest BCUT2D eigenvalue weighted by molar-refractivity contribution is -0.149. The molecule has 4 rings (SSSR count). The van der Waals surface area contributed by atoms with Gasteiger partial charge in [0.15, 0.2) is 0 Å². The number of benzene rings is 1. The van der Waals surface area contributed by atoms with Gasteiger partial charge in [-0.1, -0.05) is 12.1 Å². The second kappa shape index (κ2) is 8.22. The Morgan fingerprint density at radius 3 is 2.68 bits per heavy atom. The summed E-state index contributed by atoms with van der Waals surface area (Å²) in [5, 5.41) is 0. The van der Waals surface area contributed by atoms with E-state index < -0.39 is 11.9 Å². The van der Waals surface area contributed by atoms with Crippen LogP contribution in [0.3, 0.4) is 0 Å². The first-order valence-electron chi connectivity index (χ1n) is 9.96. The quantitative estimate of drug-likeness (QED) is 0.588. The number of carbonyl (C=O) groups excluding carboxylic acids is 2. The van der Waals surface area contributed by atoms with E-state index in [2.05, 4.69) is 4.98 Å². The molecule has 0 radical (unpaired) electrons. The van der Waals surface area contributed by atoms with Gasteiger partial charge >= 0.3 is 5.97 Å². The molecule has 0 aliphatic carbocycles. The standard InChI is InChI=1S/C23H23N3O5/c1-14-4-6-19(30-3)18(8-14)25-12-16(9-21(25)27)23(29)31-13-17-10-22(28)26-11-15(2)5-7-20(26)24-17/h4-8,10-11,16H,9,12-13H2,1-3H3/t16-/m1/s1. The summed E-state index contributed by atoms with van der Waals surface area (Å²) in [6.07, 6.45) is 1.77. The number of rotatable bonds is 5. The summed E-state index contributed by atoms with van der Waals surface area (Å²) in [6.45, 7) is 3.90. The van der Waals surface area contributed by atoms with Crippen LogP contribution in [0.15, 0.2) is 47.4 Å². The molecular weight excluding hydrogens is 398 g/mol. The summed E-state index contributed by atoms with van der Waals surface area (Å²) >= 11 is 0. The number of esters is 1. The number of amides is 1. The van der Waals surface area contributed by atoms with E-state index in [4.69, 9.17) is 9.47 Å². The second-order valence-electron chi connectivity index (χ2n) is 7.71. The molecule has 8 nitrogen and oxygen atoms in total. The lowest BCUT2D eigenvalue weighted by atomic mass is 10.1. The number of hydrogen-bond donors (Lipinski definition) is 0. The Balaban J connectivity index is 1.46. The Labute approximate surface area is 179 Å². The van der Waals surface area contributed by atoms with Crippen molar-refractivity contribution in [1.29, 1.82) is 0 Å². The van der Waals surface area contributed by atoms with Gasteiger partial charge in [0.1, 0.15) is 18.0 Å². The van der Waals surface area contributed by atoms with Gasteiger partial charge in [0.2, 0.25) is 5.91 Å². The molecule has 2 aromatic heterocycles. The number of pyridine rings is 1. The van der Waals surface area contributed by atoms with Crippen molar-refractivity contribution in [2.45, 2.75) is 26.9 Å². The molecule has 31 heavy (non-hydrogen) atoms. The average molecular weight is 421 g/mol. The third-order valence-electron chi connectivity index (χ3n) is 5.31. The van der Waals surface area contributed by atoms with E-state index in [-0.39, 0.29) is 31.0 Å². The summed E-state index contributed by atoms with van der Waals surface area (Å²) in [6, 6.07) is 10.5. The SMILES string of the molecule is COc1ccc(C)cc1N1C[C@H](C(=O)OCc2cc(=O)n3cc(C)ccc3n2)CC1=O. The lowest BCUT2D eigenvalue weighted by Crippen LogP contribution is -2.27. The predicted molar refractivity (Wildman–Crippen MR) is 114 cm³/mol. The number of aryl methyl sites for hydroxylation is 2. The molecule has 0 bridgehead atoms. The molecule has 1 aromatic carbocycles. The highest BCUT2D eigenvalue weighted by atomic mass is 16.5. The van der Waals surface area contributed by atoms with Crippen LogP contribution in [0.2, 0.25) is 0 Å². The predicted octanol–water partition coefficient (Wildman–Crippen LogP) is 2.42. The third kappa shape index (κ3) is 4.14. The molecule has 1 amide bonds. The zero-order valence-corrected chi connectivity index (χ0v) is 17.6. The molecule has 160 valence electrons. The fourth-order valence-corrected chi connectivity index (χ4v) is 3.70. The third-order valence-corrected chi connectivity index (χ3v) is 5.31. The van der Waals surface area contributed by atoms with E-state index in [1.54, 1.807) is 30.3 Å². The van der Waals surface area contributed by atoms with Crippen molar-refractivity contribution in [3.05, 3.63) is 69.8 Å². The first-order valence-corrected chi connectivity index (χ1v) is 9.96. The first kappa shape index (κ1) is 20.6. The molecule has 3 heterocycles. The maximum atomic E-state index is 12.6. The van der Waals surface area contributed by atoms with E-state index in [9.17, 15) is 14.4 Å². The zero-order chi connectivity index (χ0) is 22.1. The maximum Gasteiger partial charge on any atom is 0.311 e. The van der Waals surface area contributed by atoms with Crippen molar-refractivity contribution < 1.29 is 19.1 Å². The Morgan fingerprint density at radius 2 is 1.90 bits per heavy atom. The molecule has 1 aliphatic heterocycles. The highest BCUT2D eigenvalue weighted by molar-refractivity contribution is 6.00. The van der Waals surface area contributed by atoms with Gasteiger partial charge in [-0.25, -0.2) is 4.98 Å². The highest BCUT2D eigenvalue weighted by Gasteiger charge is 2.37. The molecule has 0 saturated carbocycles.